The lowest BCUT2D eigenvalue weighted by Gasteiger charge is -2.22. The van der Waals surface area contributed by atoms with Crippen LogP contribution in [-0.4, -0.2) is 4.98 Å². The predicted octanol–water partition coefficient (Wildman–Crippen LogP) is 8.31. The largest absolute Gasteiger partial charge is 0.454 e. The summed E-state index contributed by atoms with van der Waals surface area (Å²) in [6, 6.07) is 21.6. The lowest BCUT2D eigenvalue weighted by molar-refractivity contribution is 0.596. The maximum absolute atomic E-state index is 6.40. The summed E-state index contributed by atoms with van der Waals surface area (Å²) in [6.07, 6.45) is 1.91. The topological polar surface area (TPSA) is 26.0 Å². The lowest BCUT2D eigenvalue weighted by atomic mass is 9.82. The molecule has 2 nitrogen and oxygen atoms in total. The van der Waals surface area contributed by atoms with Crippen LogP contribution in [0.5, 0.6) is 0 Å². The molecule has 0 saturated heterocycles. The molecule has 3 heterocycles. The van der Waals surface area contributed by atoms with E-state index in [4.69, 9.17) is 9.40 Å². The average Bonchev–Trinajstić information content (AvgIpc) is 3.35. The van der Waals surface area contributed by atoms with Gasteiger partial charge in [-0.2, -0.15) is 0 Å². The van der Waals surface area contributed by atoms with Gasteiger partial charge in [-0.3, -0.25) is 4.98 Å². The second kappa shape index (κ2) is 6.16. The highest BCUT2D eigenvalue weighted by molar-refractivity contribution is 7.18. The molecule has 0 saturated carbocycles. The fourth-order valence-electron chi connectivity index (χ4n) is 4.49. The highest BCUT2D eigenvalue weighted by atomic mass is 32.1. The molecule has 6 rings (SSSR count). The highest BCUT2D eigenvalue weighted by Crippen LogP contribution is 2.41. The summed E-state index contributed by atoms with van der Waals surface area (Å²) in [7, 11) is 0. The van der Waals surface area contributed by atoms with Crippen LogP contribution in [0.25, 0.3) is 54.1 Å². The van der Waals surface area contributed by atoms with E-state index in [0.717, 1.165) is 27.8 Å². The fraction of sp³-hybridized carbons (Fsp3) is 0.148. The van der Waals surface area contributed by atoms with Crippen LogP contribution in [0.1, 0.15) is 26.3 Å². The van der Waals surface area contributed by atoms with Gasteiger partial charge in [-0.1, -0.05) is 45.0 Å². The van der Waals surface area contributed by atoms with E-state index >= 15 is 0 Å². The number of nitrogens with zero attached hydrogens (tertiary/aromatic N) is 1. The summed E-state index contributed by atoms with van der Waals surface area (Å²) in [5.41, 5.74) is 5.15. The van der Waals surface area contributed by atoms with Crippen LogP contribution in [0, 0.1) is 0 Å². The molecule has 0 aliphatic rings. The van der Waals surface area contributed by atoms with Crippen molar-refractivity contribution in [1.29, 1.82) is 0 Å². The minimum Gasteiger partial charge on any atom is -0.454 e. The Morgan fingerprint density at radius 3 is 2.60 bits per heavy atom. The van der Waals surface area contributed by atoms with Gasteiger partial charge in [0.1, 0.15) is 11.3 Å². The van der Waals surface area contributed by atoms with Crippen LogP contribution < -0.4 is 0 Å². The Morgan fingerprint density at radius 2 is 1.73 bits per heavy atom. The quantitative estimate of drug-likeness (QED) is 0.274. The highest BCUT2D eigenvalue weighted by Gasteiger charge is 2.21. The van der Waals surface area contributed by atoms with Gasteiger partial charge in [0.2, 0.25) is 0 Å². The molecule has 0 fully saturated rings. The number of hydrogen-bond donors (Lipinski definition) is 0. The second-order valence-corrected chi connectivity index (χ2v) is 9.83. The Hall–Kier alpha value is -3.17. The van der Waals surface area contributed by atoms with Gasteiger partial charge in [0.15, 0.2) is 5.58 Å². The first-order valence-electron chi connectivity index (χ1n) is 10.2. The number of pyridine rings is 1. The third-order valence-corrected chi connectivity index (χ3v) is 6.86. The SMILES string of the molecule is CC(C)(C)c1cc(-c2nccc3c2oc2ccc4ccsc4c23)cc2ccccc12. The van der Waals surface area contributed by atoms with Crippen LogP contribution in [0.3, 0.4) is 0 Å². The molecule has 0 amide bonds. The number of benzene rings is 3. The van der Waals surface area contributed by atoms with Crippen molar-refractivity contribution < 1.29 is 4.42 Å². The van der Waals surface area contributed by atoms with Crippen LogP contribution in [0.4, 0.5) is 0 Å². The average molecular weight is 408 g/mol. The number of fused-ring (bicyclic) bond motifs is 6. The van der Waals surface area contributed by atoms with Gasteiger partial charge in [0.05, 0.1) is 0 Å². The fourth-order valence-corrected chi connectivity index (χ4v) is 5.44. The van der Waals surface area contributed by atoms with Crippen molar-refractivity contribution in [1.82, 2.24) is 4.98 Å². The number of aromatic nitrogens is 1. The molecule has 146 valence electrons. The molecule has 3 heteroatoms. The summed E-state index contributed by atoms with van der Waals surface area (Å²) < 4.78 is 7.67. The van der Waals surface area contributed by atoms with E-state index in [-0.39, 0.29) is 5.41 Å². The van der Waals surface area contributed by atoms with Crippen molar-refractivity contribution in [2.45, 2.75) is 26.2 Å². The van der Waals surface area contributed by atoms with Crippen molar-refractivity contribution in [2.75, 3.05) is 0 Å². The minimum absolute atomic E-state index is 0.0283. The number of hydrogen-bond acceptors (Lipinski definition) is 3. The molecular formula is C27H21NOS. The maximum atomic E-state index is 6.40. The number of rotatable bonds is 1. The van der Waals surface area contributed by atoms with Gasteiger partial charge in [-0.15, -0.1) is 11.3 Å². The molecule has 0 atom stereocenters. The molecule has 0 N–H and O–H groups in total. The molecule has 0 aliphatic carbocycles. The van der Waals surface area contributed by atoms with E-state index in [0.29, 0.717) is 0 Å². The summed E-state index contributed by atoms with van der Waals surface area (Å²) >= 11 is 1.77. The molecule has 0 bridgehead atoms. The van der Waals surface area contributed by atoms with Gasteiger partial charge in [-0.25, -0.2) is 0 Å². The Kier molecular flexibility index (Phi) is 3.63. The van der Waals surface area contributed by atoms with Gasteiger partial charge in [0, 0.05) is 27.2 Å². The van der Waals surface area contributed by atoms with Gasteiger partial charge < -0.3 is 4.42 Å². The van der Waals surface area contributed by atoms with Gasteiger partial charge >= 0.3 is 0 Å². The van der Waals surface area contributed by atoms with Crippen molar-refractivity contribution in [3.8, 4) is 11.3 Å². The molecule has 0 aliphatic heterocycles. The molecule has 3 aromatic carbocycles. The smallest absolute Gasteiger partial charge is 0.161 e. The van der Waals surface area contributed by atoms with Crippen LogP contribution in [-0.2, 0) is 5.41 Å². The first kappa shape index (κ1) is 17.7. The summed E-state index contributed by atoms with van der Waals surface area (Å²) in [5.74, 6) is 0. The Labute approximate surface area is 178 Å². The molecule has 3 aromatic heterocycles. The summed E-state index contributed by atoms with van der Waals surface area (Å²) in [4.78, 5) is 4.78. The molecular weight excluding hydrogens is 386 g/mol. The van der Waals surface area contributed by atoms with E-state index < -0.39 is 0 Å². The van der Waals surface area contributed by atoms with Crippen LogP contribution >= 0.6 is 11.3 Å². The maximum Gasteiger partial charge on any atom is 0.161 e. The standard InChI is InChI=1S/C27H21NOS/c1-27(2,3)21-15-18(14-17-6-4-5-7-19(17)21)24-25-20(10-12-28-24)23-22(29-25)9-8-16-11-13-30-26(16)23/h4-15H,1-3H3. The predicted molar refractivity (Wildman–Crippen MR) is 129 cm³/mol. The summed E-state index contributed by atoms with van der Waals surface area (Å²) in [5, 5.41) is 8.26. The Balaban J connectivity index is 1.71. The van der Waals surface area contributed by atoms with E-state index in [9.17, 15) is 0 Å². The normalized spacial score (nSPS) is 12.5. The zero-order valence-electron chi connectivity index (χ0n) is 17.2. The van der Waals surface area contributed by atoms with E-state index in [1.54, 1.807) is 11.3 Å². The molecule has 0 spiro atoms. The summed E-state index contributed by atoms with van der Waals surface area (Å²) in [6.45, 7) is 6.80. The second-order valence-electron chi connectivity index (χ2n) is 8.91. The van der Waals surface area contributed by atoms with Crippen molar-refractivity contribution >= 4 is 54.1 Å². The first-order chi connectivity index (χ1) is 14.5. The minimum atomic E-state index is 0.0283. The lowest BCUT2D eigenvalue weighted by Crippen LogP contribution is -2.12. The molecule has 6 aromatic rings. The monoisotopic (exact) mass is 407 g/mol. The first-order valence-corrected chi connectivity index (χ1v) is 11.1. The number of furan rings is 1. The van der Waals surface area contributed by atoms with Crippen molar-refractivity contribution in [3.05, 3.63) is 77.8 Å². The van der Waals surface area contributed by atoms with Crippen LogP contribution in [0.2, 0.25) is 0 Å². The van der Waals surface area contributed by atoms with Gasteiger partial charge in [0.25, 0.3) is 0 Å². The molecule has 30 heavy (non-hydrogen) atoms. The van der Waals surface area contributed by atoms with Crippen molar-refractivity contribution in [2.24, 2.45) is 0 Å². The zero-order chi connectivity index (χ0) is 20.5. The third-order valence-electron chi connectivity index (χ3n) is 5.91. The van der Waals surface area contributed by atoms with Gasteiger partial charge in [-0.05, 0) is 68.9 Å². The molecule has 0 unspecified atom stereocenters. The number of thiophene rings is 1. The Bertz CT molecular complexity index is 1580. The third kappa shape index (κ3) is 2.52. The molecule has 0 radical (unpaired) electrons. The van der Waals surface area contributed by atoms with E-state index in [1.165, 1.54) is 31.8 Å². The van der Waals surface area contributed by atoms with E-state index in [2.05, 4.69) is 86.8 Å². The van der Waals surface area contributed by atoms with Crippen LogP contribution in [0.15, 0.2) is 76.7 Å². The zero-order valence-corrected chi connectivity index (χ0v) is 18.0. The van der Waals surface area contributed by atoms with Crippen molar-refractivity contribution in [3.63, 3.8) is 0 Å². The van der Waals surface area contributed by atoms with E-state index in [1.807, 2.05) is 6.20 Å². The Morgan fingerprint density at radius 1 is 0.867 bits per heavy atom.